The summed E-state index contributed by atoms with van der Waals surface area (Å²) in [5.74, 6) is -0.407. The van der Waals surface area contributed by atoms with Crippen molar-refractivity contribution in [3.63, 3.8) is 0 Å². The number of halogens is 4. The fraction of sp³-hybridized carbons (Fsp3) is 0.278. The Kier molecular flexibility index (Phi) is 7.92. The molecule has 2 aromatic carbocycles. The van der Waals surface area contributed by atoms with Crippen LogP contribution in [0.1, 0.15) is 16.7 Å². The Bertz CT molecular complexity index is 724. The summed E-state index contributed by atoms with van der Waals surface area (Å²) in [5, 5.41) is 2.46. The summed E-state index contributed by atoms with van der Waals surface area (Å²) in [6.07, 6.45) is -4.23. The van der Waals surface area contributed by atoms with E-state index in [4.69, 9.17) is 10.5 Å². The molecule has 26 heavy (non-hydrogen) atoms. The van der Waals surface area contributed by atoms with Gasteiger partial charge in [-0.3, -0.25) is 4.79 Å². The maximum Gasteiger partial charge on any atom is 0.416 e. The zero-order valence-electron chi connectivity index (χ0n) is 14.0. The van der Waals surface area contributed by atoms with E-state index in [-0.39, 0.29) is 30.3 Å². The van der Waals surface area contributed by atoms with Crippen molar-refractivity contribution in [2.75, 3.05) is 7.11 Å². The quantitative estimate of drug-likeness (QED) is 0.797. The normalized spacial score (nSPS) is 12.0. The van der Waals surface area contributed by atoms with Crippen molar-refractivity contribution < 1.29 is 22.7 Å². The predicted molar refractivity (Wildman–Crippen MR) is 95.2 cm³/mol. The van der Waals surface area contributed by atoms with Gasteiger partial charge in [-0.1, -0.05) is 36.4 Å². The van der Waals surface area contributed by atoms with Crippen LogP contribution >= 0.6 is 12.4 Å². The number of carbonyl (C=O) groups is 1. The van der Waals surface area contributed by atoms with Gasteiger partial charge in [0.15, 0.2) is 0 Å². The molecule has 3 N–H and O–H groups in total. The highest BCUT2D eigenvalue weighted by atomic mass is 35.5. The first-order valence-corrected chi connectivity index (χ1v) is 7.62. The number of nitrogens with two attached hydrogens (primary N) is 1. The van der Waals surface area contributed by atoms with Crippen LogP contribution in [-0.4, -0.2) is 19.1 Å². The van der Waals surface area contributed by atoms with E-state index in [1.54, 1.807) is 0 Å². The molecule has 0 spiro atoms. The highest BCUT2D eigenvalue weighted by Gasteiger charge is 2.33. The molecule has 0 aromatic heterocycles. The predicted octanol–water partition coefficient (Wildman–Crippen LogP) is 3.32. The number of hydrogen-bond donors (Lipinski definition) is 2. The Hall–Kier alpha value is -2.25. The van der Waals surface area contributed by atoms with E-state index < -0.39 is 23.7 Å². The molecule has 0 bridgehead atoms. The fourth-order valence-corrected chi connectivity index (χ4v) is 2.37. The average molecular weight is 389 g/mol. The van der Waals surface area contributed by atoms with E-state index in [2.05, 4.69) is 5.32 Å². The Morgan fingerprint density at radius 2 is 1.85 bits per heavy atom. The number of rotatable bonds is 6. The van der Waals surface area contributed by atoms with Crippen LogP contribution in [0.4, 0.5) is 13.2 Å². The van der Waals surface area contributed by atoms with Crippen molar-refractivity contribution in [3.8, 4) is 5.75 Å². The van der Waals surface area contributed by atoms with Crippen LogP contribution in [0, 0.1) is 0 Å². The van der Waals surface area contributed by atoms with Crippen LogP contribution in [-0.2, 0) is 23.9 Å². The first kappa shape index (κ1) is 21.8. The van der Waals surface area contributed by atoms with E-state index in [1.807, 2.05) is 30.3 Å². The summed E-state index contributed by atoms with van der Waals surface area (Å²) < 4.78 is 44.3. The third kappa shape index (κ3) is 5.93. The minimum Gasteiger partial charge on any atom is -0.497 e. The Morgan fingerprint density at radius 3 is 2.42 bits per heavy atom. The number of methoxy groups -OCH3 is 1. The molecule has 0 saturated heterocycles. The molecule has 2 rings (SSSR count). The van der Waals surface area contributed by atoms with E-state index >= 15 is 0 Å². The topological polar surface area (TPSA) is 64.3 Å². The number of nitrogens with one attached hydrogen (secondary N) is 1. The van der Waals surface area contributed by atoms with Gasteiger partial charge in [-0.2, -0.15) is 13.2 Å². The molecule has 0 saturated carbocycles. The van der Waals surface area contributed by atoms with Gasteiger partial charge in [0, 0.05) is 6.54 Å². The van der Waals surface area contributed by atoms with E-state index in [9.17, 15) is 18.0 Å². The van der Waals surface area contributed by atoms with Gasteiger partial charge in [-0.15, -0.1) is 12.4 Å². The zero-order valence-corrected chi connectivity index (χ0v) is 14.9. The summed E-state index contributed by atoms with van der Waals surface area (Å²) in [6.45, 7) is -0.264. The summed E-state index contributed by atoms with van der Waals surface area (Å²) in [6, 6.07) is 11.9. The van der Waals surface area contributed by atoms with Gasteiger partial charge in [0.25, 0.3) is 0 Å². The Morgan fingerprint density at radius 1 is 1.19 bits per heavy atom. The molecule has 1 amide bonds. The molecule has 1 atom stereocenters. The Labute approximate surface area is 155 Å². The van der Waals surface area contributed by atoms with Crippen molar-refractivity contribution in [2.45, 2.75) is 25.2 Å². The van der Waals surface area contributed by atoms with Gasteiger partial charge < -0.3 is 15.8 Å². The smallest absolute Gasteiger partial charge is 0.416 e. The van der Waals surface area contributed by atoms with Crippen LogP contribution in [0.2, 0.25) is 0 Å². The SMILES string of the molecule is COc1ccc(CNC(=O)[C@@H](N)Cc2ccccc2)c(C(F)(F)F)c1.Cl. The molecule has 0 heterocycles. The molecule has 0 fully saturated rings. The molecular weight excluding hydrogens is 369 g/mol. The van der Waals surface area contributed by atoms with Gasteiger partial charge in [0.2, 0.25) is 5.91 Å². The van der Waals surface area contributed by atoms with Gasteiger partial charge in [-0.05, 0) is 29.7 Å². The molecule has 0 aliphatic rings. The summed E-state index contributed by atoms with van der Waals surface area (Å²) in [7, 11) is 1.29. The average Bonchev–Trinajstić information content (AvgIpc) is 2.59. The monoisotopic (exact) mass is 388 g/mol. The van der Waals surface area contributed by atoms with Crippen molar-refractivity contribution in [3.05, 3.63) is 65.2 Å². The lowest BCUT2D eigenvalue weighted by Crippen LogP contribution is -2.41. The second-order valence-electron chi connectivity index (χ2n) is 5.53. The molecule has 0 radical (unpaired) electrons. The van der Waals surface area contributed by atoms with Gasteiger partial charge in [-0.25, -0.2) is 0 Å². The molecule has 4 nitrogen and oxygen atoms in total. The van der Waals surface area contributed by atoms with Gasteiger partial charge in [0.05, 0.1) is 18.7 Å². The molecule has 2 aromatic rings. The first-order chi connectivity index (χ1) is 11.8. The number of alkyl halides is 3. The molecule has 0 aliphatic heterocycles. The van der Waals surface area contributed by atoms with E-state index in [0.717, 1.165) is 11.6 Å². The van der Waals surface area contributed by atoms with Gasteiger partial charge >= 0.3 is 6.18 Å². The molecule has 0 unspecified atom stereocenters. The number of carbonyl (C=O) groups excluding carboxylic acids is 1. The molecule has 8 heteroatoms. The van der Waals surface area contributed by atoms with E-state index in [1.165, 1.54) is 19.2 Å². The van der Waals surface area contributed by atoms with Crippen molar-refractivity contribution in [2.24, 2.45) is 5.73 Å². The van der Waals surface area contributed by atoms with Crippen LogP contribution in [0.25, 0.3) is 0 Å². The highest BCUT2D eigenvalue weighted by Crippen LogP contribution is 2.34. The second kappa shape index (κ2) is 9.45. The van der Waals surface area contributed by atoms with Crippen molar-refractivity contribution >= 4 is 18.3 Å². The van der Waals surface area contributed by atoms with Gasteiger partial charge in [0.1, 0.15) is 5.75 Å². The maximum atomic E-state index is 13.1. The third-order valence-corrected chi connectivity index (χ3v) is 3.71. The van der Waals surface area contributed by atoms with Crippen LogP contribution in [0.15, 0.2) is 48.5 Å². The van der Waals surface area contributed by atoms with Crippen LogP contribution in [0.5, 0.6) is 5.75 Å². The largest absolute Gasteiger partial charge is 0.497 e. The van der Waals surface area contributed by atoms with Crippen LogP contribution in [0.3, 0.4) is 0 Å². The summed E-state index contributed by atoms with van der Waals surface area (Å²) in [4.78, 5) is 12.1. The number of ether oxygens (including phenoxy) is 1. The highest BCUT2D eigenvalue weighted by molar-refractivity contribution is 5.85. The minimum atomic E-state index is -4.54. The summed E-state index contributed by atoms with van der Waals surface area (Å²) in [5.41, 5.74) is 5.82. The van der Waals surface area contributed by atoms with Crippen molar-refractivity contribution in [1.82, 2.24) is 5.32 Å². The Balaban J connectivity index is 0.00000338. The molecule has 142 valence electrons. The maximum absolute atomic E-state index is 13.1. The zero-order chi connectivity index (χ0) is 18.4. The van der Waals surface area contributed by atoms with Crippen molar-refractivity contribution in [1.29, 1.82) is 0 Å². The third-order valence-electron chi connectivity index (χ3n) is 3.71. The molecular formula is C18H20ClF3N2O2. The summed E-state index contributed by atoms with van der Waals surface area (Å²) >= 11 is 0. The number of hydrogen-bond acceptors (Lipinski definition) is 3. The first-order valence-electron chi connectivity index (χ1n) is 7.62. The number of benzene rings is 2. The minimum absolute atomic E-state index is 0. The van der Waals surface area contributed by atoms with E-state index in [0.29, 0.717) is 6.42 Å². The number of amides is 1. The van der Waals surface area contributed by atoms with Crippen LogP contribution < -0.4 is 15.8 Å². The lowest BCUT2D eigenvalue weighted by molar-refractivity contribution is -0.138. The fourth-order valence-electron chi connectivity index (χ4n) is 2.37. The second-order valence-corrected chi connectivity index (χ2v) is 5.53. The molecule has 0 aliphatic carbocycles. The standard InChI is InChI=1S/C18H19F3N2O2.ClH/c1-25-14-8-7-13(15(10-14)18(19,20)21)11-23-17(24)16(22)9-12-5-3-2-4-6-12;/h2-8,10,16H,9,11,22H2,1H3,(H,23,24);1H/t16-;/m0./s1. The lowest BCUT2D eigenvalue weighted by atomic mass is 10.0. The lowest BCUT2D eigenvalue weighted by Gasteiger charge is -2.16.